The van der Waals surface area contributed by atoms with E-state index < -0.39 is 0 Å². The van der Waals surface area contributed by atoms with Crippen molar-refractivity contribution in [1.29, 1.82) is 0 Å². The van der Waals surface area contributed by atoms with Crippen LogP contribution in [-0.4, -0.2) is 26.7 Å². The molecule has 0 radical (unpaired) electrons. The van der Waals surface area contributed by atoms with E-state index in [1.54, 1.807) is 13.2 Å². The summed E-state index contributed by atoms with van der Waals surface area (Å²) in [5.41, 5.74) is 9.42. The molecule has 2 heterocycles. The lowest BCUT2D eigenvalue weighted by atomic mass is 10.1. The lowest BCUT2D eigenvalue weighted by Gasteiger charge is -2.08. The van der Waals surface area contributed by atoms with Crippen molar-refractivity contribution in [3.63, 3.8) is 0 Å². The van der Waals surface area contributed by atoms with Crippen molar-refractivity contribution in [2.24, 2.45) is 0 Å². The van der Waals surface area contributed by atoms with Crippen LogP contribution < -0.4 is 10.5 Å². The number of ether oxygens (including phenoxy) is 1. The highest BCUT2D eigenvalue weighted by Crippen LogP contribution is 2.28. The lowest BCUT2D eigenvalue weighted by molar-refractivity contribution is 0.415. The van der Waals surface area contributed by atoms with E-state index in [2.05, 4.69) is 15.2 Å². The predicted molar refractivity (Wildman–Crippen MR) is 76.7 cm³/mol. The monoisotopic (exact) mass is 269 g/mol. The molecule has 0 aliphatic rings. The number of methoxy groups -OCH3 is 1. The van der Waals surface area contributed by atoms with Gasteiger partial charge < -0.3 is 10.5 Å². The van der Waals surface area contributed by atoms with Gasteiger partial charge in [-0.1, -0.05) is 0 Å². The van der Waals surface area contributed by atoms with Crippen molar-refractivity contribution < 1.29 is 4.74 Å². The van der Waals surface area contributed by atoms with Gasteiger partial charge in [-0.15, -0.1) is 10.2 Å². The molecule has 2 aromatic heterocycles. The maximum atomic E-state index is 6.08. The molecule has 3 rings (SSSR count). The third-order valence-corrected chi connectivity index (χ3v) is 3.19. The van der Waals surface area contributed by atoms with Crippen LogP contribution in [0.4, 0.5) is 5.69 Å². The van der Waals surface area contributed by atoms with Crippen LogP contribution in [0.15, 0.2) is 24.3 Å². The zero-order valence-electron chi connectivity index (χ0n) is 11.6. The molecule has 3 aromatic rings. The molecule has 0 amide bonds. The molecule has 20 heavy (non-hydrogen) atoms. The second-order valence-corrected chi connectivity index (χ2v) is 4.65. The van der Waals surface area contributed by atoms with Gasteiger partial charge in [-0.05, 0) is 32.0 Å². The smallest absolute Gasteiger partial charge is 0.255 e. The Labute approximate surface area is 116 Å². The summed E-state index contributed by atoms with van der Waals surface area (Å²) in [6.07, 6.45) is 0. The highest BCUT2D eigenvalue weighted by atomic mass is 16.5. The van der Waals surface area contributed by atoms with Gasteiger partial charge in [0.15, 0.2) is 5.82 Å². The number of nitrogens with two attached hydrogens (primary N) is 1. The largest absolute Gasteiger partial charge is 0.497 e. The van der Waals surface area contributed by atoms with E-state index in [0.717, 1.165) is 17.0 Å². The Morgan fingerprint density at radius 3 is 2.65 bits per heavy atom. The van der Waals surface area contributed by atoms with Gasteiger partial charge in [-0.3, -0.25) is 4.40 Å². The Kier molecular flexibility index (Phi) is 2.78. The quantitative estimate of drug-likeness (QED) is 0.720. The fraction of sp³-hybridized carbons (Fsp3) is 0.214. The maximum Gasteiger partial charge on any atom is 0.255 e. The molecular formula is C14H15N5O. The van der Waals surface area contributed by atoms with E-state index in [1.165, 1.54) is 0 Å². The summed E-state index contributed by atoms with van der Waals surface area (Å²) in [5, 5.41) is 8.33. The number of nitrogen functional groups attached to an aromatic ring is 1. The molecule has 0 fully saturated rings. The molecular weight excluding hydrogens is 254 g/mol. The first-order valence-electron chi connectivity index (χ1n) is 6.23. The molecule has 0 aliphatic heterocycles. The number of anilines is 1. The summed E-state index contributed by atoms with van der Waals surface area (Å²) in [7, 11) is 1.61. The molecule has 0 saturated carbocycles. The van der Waals surface area contributed by atoms with E-state index in [9.17, 15) is 0 Å². The summed E-state index contributed by atoms with van der Waals surface area (Å²) in [6, 6.07) is 7.49. The third kappa shape index (κ3) is 1.85. The number of hydrogen-bond donors (Lipinski definition) is 1. The molecule has 6 nitrogen and oxygen atoms in total. The SMILES string of the molecule is COc1ccc(-c2nnc3nc(C)cc(C)n23)c(N)c1. The molecule has 0 spiro atoms. The molecule has 0 aliphatic carbocycles. The number of aryl methyl sites for hydroxylation is 2. The summed E-state index contributed by atoms with van der Waals surface area (Å²) >= 11 is 0. The van der Waals surface area contributed by atoms with Gasteiger partial charge in [0.1, 0.15) is 5.75 Å². The second kappa shape index (κ2) is 4.48. The van der Waals surface area contributed by atoms with Crippen molar-refractivity contribution in [3.8, 4) is 17.1 Å². The Morgan fingerprint density at radius 1 is 1.15 bits per heavy atom. The zero-order valence-corrected chi connectivity index (χ0v) is 11.6. The summed E-state index contributed by atoms with van der Waals surface area (Å²) < 4.78 is 7.05. The van der Waals surface area contributed by atoms with Gasteiger partial charge in [0, 0.05) is 28.7 Å². The molecule has 0 unspecified atom stereocenters. The first-order chi connectivity index (χ1) is 9.60. The Morgan fingerprint density at radius 2 is 1.95 bits per heavy atom. The fourth-order valence-electron chi connectivity index (χ4n) is 2.28. The van der Waals surface area contributed by atoms with Gasteiger partial charge >= 0.3 is 0 Å². The van der Waals surface area contributed by atoms with Gasteiger partial charge in [0.05, 0.1) is 7.11 Å². The minimum absolute atomic E-state index is 0.577. The average Bonchev–Trinajstić information content (AvgIpc) is 2.82. The van der Waals surface area contributed by atoms with Crippen molar-refractivity contribution in [2.45, 2.75) is 13.8 Å². The van der Waals surface area contributed by atoms with Crippen molar-refractivity contribution in [1.82, 2.24) is 19.6 Å². The molecule has 6 heteroatoms. The van der Waals surface area contributed by atoms with E-state index in [1.807, 2.05) is 36.4 Å². The minimum Gasteiger partial charge on any atom is -0.497 e. The van der Waals surface area contributed by atoms with Crippen LogP contribution in [0.3, 0.4) is 0 Å². The van der Waals surface area contributed by atoms with Crippen LogP contribution in [0.1, 0.15) is 11.4 Å². The number of rotatable bonds is 2. The van der Waals surface area contributed by atoms with Crippen molar-refractivity contribution in [2.75, 3.05) is 12.8 Å². The fourth-order valence-corrected chi connectivity index (χ4v) is 2.28. The van der Waals surface area contributed by atoms with Crippen LogP contribution in [-0.2, 0) is 0 Å². The minimum atomic E-state index is 0.577. The van der Waals surface area contributed by atoms with Crippen LogP contribution in [0.5, 0.6) is 5.75 Å². The average molecular weight is 269 g/mol. The van der Waals surface area contributed by atoms with Crippen LogP contribution in [0, 0.1) is 13.8 Å². The van der Waals surface area contributed by atoms with Crippen LogP contribution in [0.25, 0.3) is 17.2 Å². The van der Waals surface area contributed by atoms with Gasteiger partial charge in [-0.2, -0.15) is 0 Å². The number of hydrogen-bond acceptors (Lipinski definition) is 5. The van der Waals surface area contributed by atoms with E-state index >= 15 is 0 Å². The van der Waals surface area contributed by atoms with Gasteiger partial charge in [-0.25, -0.2) is 4.98 Å². The molecule has 2 N–H and O–H groups in total. The topological polar surface area (TPSA) is 78.3 Å². The van der Waals surface area contributed by atoms with E-state index in [-0.39, 0.29) is 0 Å². The van der Waals surface area contributed by atoms with Crippen molar-refractivity contribution in [3.05, 3.63) is 35.7 Å². The lowest BCUT2D eigenvalue weighted by Crippen LogP contribution is -2.00. The molecule has 1 aromatic carbocycles. The van der Waals surface area contributed by atoms with E-state index in [0.29, 0.717) is 23.0 Å². The van der Waals surface area contributed by atoms with Crippen LogP contribution >= 0.6 is 0 Å². The van der Waals surface area contributed by atoms with Gasteiger partial charge in [0.25, 0.3) is 5.78 Å². The predicted octanol–water partition coefficient (Wildman–Crippen LogP) is 2.00. The van der Waals surface area contributed by atoms with Crippen molar-refractivity contribution >= 4 is 11.5 Å². The molecule has 102 valence electrons. The van der Waals surface area contributed by atoms with Gasteiger partial charge in [0.2, 0.25) is 0 Å². The Bertz CT molecular complexity index is 794. The summed E-state index contributed by atoms with van der Waals surface area (Å²) in [4.78, 5) is 4.37. The standard InChI is InChI=1S/C14H15N5O/c1-8-6-9(2)19-13(17-18-14(19)16-8)11-5-4-10(20-3)7-12(11)15/h4-7H,15H2,1-3H3. The number of nitrogens with zero attached hydrogens (tertiary/aromatic N) is 4. The number of aromatic nitrogens is 4. The molecule has 0 bridgehead atoms. The Balaban J connectivity index is 2.25. The third-order valence-electron chi connectivity index (χ3n) is 3.19. The second-order valence-electron chi connectivity index (χ2n) is 4.65. The number of fused-ring (bicyclic) bond motifs is 1. The normalized spacial score (nSPS) is 10.9. The highest BCUT2D eigenvalue weighted by Gasteiger charge is 2.14. The maximum absolute atomic E-state index is 6.08. The van der Waals surface area contributed by atoms with Crippen LogP contribution in [0.2, 0.25) is 0 Å². The highest BCUT2D eigenvalue weighted by molar-refractivity contribution is 5.74. The first-order valence-corrected chi connectivity index (χ1v) is 6.23. The molecule has 0 saturated heterocycles. The Hall–Kier alpha value is -2.63. The molecule has 0 atom stereocenters. The van der Waals surface area contributed by atoms with E-state index in [4.69, 9.17) is 10.5 Å². The number of benzene rings is 1. The summed E-state index contributed by atoms with van der Waals surface area (Å²) in [5.74, 6) is 1.98. The zero-order chi connectivity index (χ0) is 14.3. The summed E-state index contributed by atoms with van der Waals surface area (Å²) in [6.45, 7) is 3.93. The first kappa shape index (κ1) is 12.4.